The Morgan fingerprint density at radius 3 is 2.77 bits per heavy atom. The summed E-state index contributed by atoms with van der Waals surface area (Å²) < 4.78 is 3.67. The molecule has 2 heterocycles. The lowest BCUT2D eigenvalue weighted by molar-refractivity contribution is 0.623. The first-order chi connectivity index (χ1) is 10.2. The van der Waals surface area contributed by atoms with Gasteiger partial charge in [0.05, 0.1) is 6.21 Å². The van der Waals surface area contributed by atoms with Gasteiger partial charge in [0.15, 0.2) is 5.82 Å². The molecule has 9 heteroatoms. The average Bonchev–Trinajstić information content (AvgIpc) is 3.10. The molecule has 3 aromatic rings. The van der Waals surface area contributed by atoms with Crippen LogP contribution in [0.15, 0.2) is 42.0 Å². The van der Waals surface area contributed by atoms with E-state index in [9.17, 15) is 0 Å². The monoisotopic (exact) mass is 317 g/mol. The van der Waals surface area contributed by atoms with Gasteiger partial charge in [-0.05, 0) is 24.7 Å². The van der Waals surface area contributed by atoms with Gasteiger partial charge in [-0.3, -0.25) is 5.10 Å². The minimum absolute atomic E-state index is 0. The van der Waals surface area contributed by atoms with E-state index in [1.54, 1.807) is 21.9 Å². The van der Waals surface area contributed by atoms with E-state index < -0.39 is 0 Å². The second kappa shape index (κ2) is 6.87. The summed E-state index contributed by atoms with van der Waals surface area (Å²) in [7, 11) is 0. The standard InChI is InChI=1S/C13H13N7S.H2O/c1-10-2-4-11(5-3-10)6-15-20-12(17-18-13(20)21)7-19-9-14-8-16-19;/h2-6,8-9H,7H2,1H3,(H,18,21);1H2/b15-6+;. The van der Waals surface area contributed by atoms with E-state index in [0.29, 0.717) is 17.1 Å². The lowest BCUT2D eigenvalue weighted by Gasteiger charge is -2.00. The minimum Gasteiger partial charge on any atom is -0.412 e. The number of nitrogens with zero attached hydrogens (tertiary/aromatic N) is 6. The van der Waals surface area contributed by atoms with Crippen LogP contribution in [0, 0.1) is 11.7 Å². The molecule has 0 spiro atoms. The number of hydrogen-bond donors (Lipinski definition) is 1. The van der Waals surface area contributed by atoms with Crippen molar-refractivity contribution in [2.45, 2.75) is 13.5 Å². The molecule has 3 rings (SSSR count). The summed E-state index contributed by atoms with van der Waals surface area (Å²) in [4.78, 5) is 3.90. The Balaban J connectivity index is 0.00000176. The SMILES string of the molecule is Cc1ccc(/C=N/n2c(Cn3cncn3)n[nH]c2=S)cc1.O. The van der Waals surface area contributed by atoms with E-state index in [0.717, 1.165) is 5.56 Å². The van der Waals surface area contributed by atoms with Crippen molar-refractivity contribution in [3.8, 4) is 0 Å². The summed E-state index contributed by atoms with van der Waals surface area (Å²) in [5.74, 6) is 0.661. The summed E-state index contributed by atoms with van der Waals surface area (Å²) in [6, 6.07) is 8.07. The molecule has 0 aliphatic rings. The topological polar surface area (TPSA) is 108 Å². The third kappa shape index (κ3) is 3.51. The van der Waals surface area contributed by atoms with Crippen molar-refractivity contribution in [2.24, 2.45) is 5.10 Å². The second-order valence-electron chi connectivity index (χ2n) is 4.51. The fourth-order valence-corrected chi connectivity index (χ4v) is 1.98. The van der Waals surface area contributed by atoms with Crippen molar-refractivity contribution in [3.63, 3.8) is 0 Å². The average molecular weight is 317 g/mol. The molecule has 0 atom stereocenters. The molecule has 3 N–H and O–H groups in total. The molecule has 0 aliphatic carbocycles. The Kier molecular flexibility index (Phi) is 4.92. The van der Waals surface area contributed by atoms with Gasteiger partial charge < -0.3 is 5.48 Å². The molecule has 0 fully saturated rings. The molecule has 0 saturated heterocycles. The Hall–Kier alpha value is -2.65. The quantitative estimate of drug-likeness (QED) is 0.570. The van der Waals surface area contributed by atoms with Crippen LogP contribution in [0.25, 0.3) is 0 Å². The fraction of sp³-hybridized carbons (Fsp3) is 0.154. The zero-order valence-corrected chi connectivity index (χ0v) is 12.7. The summed E-state index contributed by atoms with van der Waals surface area (Å²) in [6.45, 7) is 2.49. The zero-order chi connectivity index (χ0) is 14.7. The van der Waals surface area contributed by atoms with Gasteiger partial charge in [0.25, 0.3) is 0 Å². The maximum absolute atomic E-state index is 5.19. The smallest absolute Gasteiger partial charge is 0.216 e. The molecule has 1 aromatic carbocycles. The molecular formula is C13H15N7OS. The second-order valence-corrected chi connectivity index (χ2v) is 4.89. The molecule has 0 bridgehead atoms. The van der Waals surface area contributed by atoms with Crippen LogP contribution in [0.3, 0.4) is 0 Å². The molecule has 2 aromatic heterocycles. The van der Waals surface area contributed by atoms with E-state index >= 15 is 0 Å². The van der Waals surface area contributed by atoms with Crippen molar-refractivity contribution in [1.29, 1.82) is 0 Å². The van der Waals surface area contributed by atoms with Gasteiger partial charge in [0.2, 0.25) is 4.77 Å². The normalized spacial score (nSPS) is 10.8. The van der Waals surface area contributed by atoms with Gasteiger partial charge in [-0.15, -0.1) is 0 Å². The first-order valence-corrected chi connectivity index (χ1v) is 6.73. The van der Waals surface area contributed by atoms with E-state index in [1.807, 2.05) is 31.2 Å². The van der Waals surface area contributed by atoms with Crippen LogP contribution in [0.2, 0.25) is 0 Å². The van der Waals surface area contributed by atoms with Crippen molar-refractivity contribution in [2.75, 3.05) is 0 Å². The lowest BCUT2D eigenvalue weighted by Crippen LogP contribution is -2.06. The molecule has 114 valence electrons. The molecule has 0 aliphatic heterocycles. The molecule has 0 saturated carbocycles. The van der Waals surface area contributed by atoms with Crippen LogP contribution in [-0.4, -0.2) is 41.3 Å². The van der Waals surface area contributed by atoms with Crippen LogP contribution in [0.1, 0.15) is 17.0 Å². The maximum atomic E-state index is 5.19. The summed E-state index contributed by atoms with van der Waals surface area (Å²) in [5.41, 5.74) is 2.20. The molecular weight excluding hydrogens is 302 g/mol. The summed E-state index contributed by atoms with van der Waals surface area (Å²) in [5, 5.41) is 15.3. The Morgan fingerprint density at radius 2 is 2.09 bits per heavy atom. The zero-order valence-electron chi connectivity index (χ0n) is 11.8. The summed E-state index contributed by atoms with van der Waals surface area (Å²) in [6.07, 6.45) is 4.84. The van der Waals surface area contributed by atoms with Crippen molar-refractivity contribution in [3.05, 3.63) is 58.6 Å². The van der Waals surface area contributed by atoms with Crippen molar-refractivity contribution in [1.82, 2.24) is 29.6 Å². The molecule has 0 amide bonds. The number of nitrogens with one attached hydrogen (secondary N) is 1. The third-order valence-corrected chi connectivity index (χ3v) is 3.15. The highest BCUT2D eigenvalue weighted by Gasteiger charge is 2.06. The highest BCUT2D eigenvalue weighted by molar-refractivity contribution is 7.71. The van der Waals surface area contributed by atoms with Gasteiger partial charge in [-0.25, -0.2) is 9.67 Å². The maximum Gasteiger partial charge on any atom is 0.216 e. The summed E-state index contributed by atoms with van der Waals surface area (Å²) >= 11 is 5.19. The van der Waals surface area contributed by atoms with Crippen LogP contribution in [0.4, 0.5) is 0 Å². The predicted octanol–water partition coefficient (Wildman–Crippen LogP) is 0.946. The highest BCUT2D eigenvalue weighted by Crippen LogP contribution is 2.03. The first kappa shape index (κ1) is 15.7. The van der Waals surface area contributed by atoms with E-state index in [4.69, 9.17) is 12.2 Å². The van der Waals surface area contributed by atoms with Crippen LogP contribution >= 0.6 is 12.2 Å². The molecule has 8 nitrogen and oxygen atoms in total. The molecule has 0 unspecified atom stereocenters. The molecule has 0 radical (unpaired) electrons. The van der Waals surface area contributed by atoms with Crippen LogP contribution < -0.4 is 0 Å². The highest BCUT2D eigenvalue weighted by atomic mass is 32.1. The number of hydrogen-bond acceptors (Lipinski definition) is 5. The van der Waals surface area contributed by atoms with E-state index in [2.05, 4.69) is 25.4 Å². The number of rotatable bonds is 4. The van der Waals surface area contributed by atoms with Gasteiger partial charge in [-0.2, -0.15) is 20.0 Å². The first-order valence-electron chi connectivity index (χ1n) is 6.32. The number of aryl methyl sites for hydroxylation is 1. The number of H-pyrrole nitrogens is 1. The van der Waals surface area contributed by atoms with Gasteiger partial charge in [-0.1, -0.05) is 29.8 Å². The van der Waals surface area contributed by atoms with Gasteiger partial charge >= 0.3 is 0 Å². The number of aromatic nitrogens is 6. The lowest BCUT2D eigenvalue weighted by atomic mass is 10.2. The number of benzene rings is 1. The van der Waals surface area contributed by atoms with Crippen LogP contribution in [-0.2, 0) is 6.54 Å². The van der Waals surface area contributed by atoms with Gasteiger partial charge in [0, 0.05) is 0 Å². The van der Waals surface area contributed by atoms with Crippen LogP contribution in [0.5, 0.6) is 0 Å². The fourth-order valence-electron chi connectivity index (χ4n) is 1.78. The minimum atomic E-state index is 0. The Morgan fingerprint density at radius 1 is 1.32 bits per heavy atom. The van der Waals surface area contributed by atoms with E-state index in [1.165, 1.54) is 11.9 Å². The molecule has 22 heavy (non-hydrogen) atoms. The van der Waals surface area contributed by atoms with Crippen molar-refractivity contribution >= 4 is 18.4 Å². The van der Waals surface area contributed by atoms with E-state index in [-0.39, 0.29) is 5.48 Å². The Bertz CT molecular complexity index is 802. The number of aromatic amines is 1. The third-order valence-electron chi connectivity index (χ3n) is 2.89. The Labute approximate surface area is 131 Å². The van der Waals surface area contributed by atoms with Gasteiger partial charge in [0.1, 0.15) is 19.2 Å². The largest absolute Gasteiger partial charge is 0.412 e. The van der Waals surface area contributed by atoms with Crippen molar-refractivity contribution < 1.29 is 5.48 Å². The predicted molar refractivity (Wildman–Crippen MR) is 84.3 cm³/mol.